The van der Waals surface area contributed by atoms with E-state index in [9.17, 15) is 29.5 Å². The third-order valence-electron chi connectivity index (χ3n) is 8.66. The highest BCUT2D eigenvalue weighted by Crippen LogP contribution is 2.16. The molecule has 0 aliphatic heterocycles. The molecule has 0 aliphatic carbocycles. The van der Waals surface area contributed by atoms with E-state index in [-0.39, 0.29) is 37.1 Å². The van der Waals surface area contributed by atoms with Gasteiger partial charge in [0.2, 0.25) is 17.7 Å². The summed E-state index contributed by atoms with van der Waals surface area (Å²) in [6.07, 6.45) is 1.74. The Labute approximate surface area is 325 Å². The van der Waals surface area contributed by atoms with Crippen LogP contribution in [-0.4, -0.2) is 91.6 Å². The van der Waals surface area contributed by atoms with E-state index < -0.39 is 53.8 Å². The number of carbonyl (C=O) groups is 4. The number of nitrogens with one attached hydrogen (secondary N) is 5. The van der Waals surface area contributed by atoms with Crippen molar-refractivity contribution in [3.05, 3.63) is 90.0 Å². The predicted molar refractivity (Wildman–Crippen MR) is 210 cm³/mol. The number of aliphatic hydroxyl groups is 1. The molecule has 0 radical (unpaired) electrons. The van der Waals surface area contributed by atoms with Crippen LogP contribution in [0.15, 0.2) is 73.2 Å². The van der Waals surface area contributed by atoms with Gasteiger partial charge >= 0.3 is 6.09 Å². The SMILES string of the molecule is CC(C)C[C@H](NC(=O)CC(O)[C@H](CC(C)C)NC(=O)[C@H](Cc1cnc[nH]1)N(O)C[C@H](Cc1ccccc1)NC(=O)OC(C)(C)C)C(=O)NCc1ccccc1. The van der Waals surface area contributed by atoms with Gasteiger partial charge < -0.3 is 41.3 Å². The first-order chi connectivity index (χ1) is 26.0. The maximum atomic E-state index is 14.1. The fraction of sp³-hybridized carbons (Fsp3) is 0.537. The average Bonchev–Trinajstić information content (AvgIpc) is 3.62. The van der Waals surface area contributed by atoms with Crippen LogP contribution in [0.25, 0.3) is 0 Å². The summed E-state index contributed by atoms with van der Waals surface area (Å²) in [7, 11) is 0. The zero-order valence-electron chi connectivity index (χ0n) is 33.2. The van der Waals surface area contributed by atoms with Gasteiger partial charge in [-0.05, 0) is 63.0 Å². The molecule has 2 aromatic carbocycles. The molecule has 4 amide bonds. The molecule has 0 aliphatic rings. The molecule has 14 nitrogen and oxygen atoms in total. The minimum Gasteiger partial charge on any atom is -0.444 e. The van der Waals surface area contributed by atoms with Crippen molar-refractivity contribution in [1.82, 2.24) is 36.3 Å². The van der Waals surface area contributed by atoms with Crippen molar-refractivity contribution >= 4 is 23.8 Å². The van der Waals surface area contributed by atoms with Gasteiger partial charge in [0.15, 0.2) is 0 Å². The largest absolute Gasteiger partial charge is 0.444 e. The van der Waals surface area contributed by atoms with Crippen LogP contribution >= 0.6 is 0 Å². The second kappa shape index (κ2) is 21.9. The van der Waals surface area contributed by atoms with Crippen LogP contribution in [0.5, 0.6) is 0 Å². The van der Waals surface area contributed by atoms with Crippen LogP contribution in [0.4, 0.5) is 4.79 Å². The Morgan fingerprint density at radius 2 is 1.45 bits per heavy atom. The Balaban J connectivity index is 1.76. The average molecular weight is 764 g/mol. The minimum atomic E-state index is -1.31. The molecule has 7 N–H and O–H groups in total. The van der Waals surface area contributed by atoms with E-state index in [0.717, 1.165) is 16.2 Å². The molecule has 1 unspecified atom stereocenters. The van der Waals surface area contributed by atoms with Gasteiger partial charge in [0.25, 0.3) is 0 Å². The number of aromatic amines is 1. The Kier molecular flexibility index (Phi) is 17.8. The summed E-state index contributed by atoms with van der Waals surface area (Å²) >= 11 is 0. The van der Waals surface area contributed by atoms with Gasteiger partial charge in [0.1, 0.15) is 17.7 Å². The first-order valence-electron chi connectivity index (χ1n) is 19.0. The van der Waals surface area contributed by atoms with Gasteiger partial charge in [0.05, 0.1) is 30.9 Å². The van der Waals surface area contributed by atoms with Crippen molar-refractivity contribution in [2.24, 2.45) is 11.8 Å². The fourth-order valence-corrected chi connectivity index (χ4v) is 6.12. The van der Waals surface area contributed by atoms with Gasteiger partial charge in [-0.25, -0.2) is 9.78 Å². The Morgan fingerprint density at radius 1 is 0.836 bits per heavy atom. The highest BCUT2D eigenvalue weighted by Gasteiger charge is 2.34. The van der Waals surface area contributed by atoms with Gasteiger partial charge in [-0.3, -0.25) is 14.4 Å². The molecule has 3 rings (SSSR count). The number of H-pyrrole nitrogens is 1. The summed E-state index contributed by atoms with van der Waals surface area (Å²) in [6, 6.07) is 15.3. The van der Waals surface area contributed by atoms with E-state index in [2.05, 4.69) is 31.2 Å². The van der Waals surface area contributed by atoms with E-state index in [0.29, 0.717) is 31.5 Å². The van der Waals surface area contributed by atoms with E-state index in [1.807, 2.05) is 88.4 Å². The summed E-state index contributed by atoms with van der Waals surface area (Å²) in [5.41, 5.74) is 1.64. The lowest BCUT2D eigenvalue weighted by molar-refractivity contribution is -0.158. The van der Waals surface area contributed by atoms with Crippen molar-refractivity contribution in [3.63, 3.8) is 0 Å². The molecule has 0 saturated carbocycles. The molecule has 5 atom stereocenters. The number of aromatic nitrogens is 2. The summed E-state index contributed by atoms with van der Waals surface area (Å²) in [5, 5.41) is 35.3. The van der Waals surface area contributed by atoms with Crippen LogP contribution < -0.4 is 21.3 Å². The van der Waals surface area contributed by atoms with Gasteiger partial charge in [-0.2, -0.15) is 5.06 Å². The van der Waals surface area contributed by atoms with Crippen molar-refractivity contribution in [3.8, 4) is 0 Å². The molecule has 1 heterocycles. The topological polar surface area (TPSA) is 198 Å². The van der Waals surface area contributed by atoms with Crippen LogP contribution in [0, 0.1) is 11.8 Å². The van der Waals surface area contributed by atoms with Crippen molar-refractivity contribution in [2.75, 3.05) is 6.54 Å². The van der Waals surface area contributed by atoms with Crippen LogP contribution in [0.1, 0.15) is 84.5 Å². The molecule has 1 aromatic heterocycles. The number of hydroxylamine groups is 2. The van der Waals surface area contributed by atoms with E-state index in [1.165, 1.54) is 6.33 Å². The zero-order chi connectivity index (χ0) is 40.5. The maximum absolute atomic E-state index is 14.1. The lowest BCUT2D eigenvalue weighted by Gasteiger charge is -2.32. The molecular weight excluding hydrogens is 702 g/mol. The third-order valence-corrected chi connectivity index (χ3v) is 8.66. The quantitative estimate of drug-likeness (QED) is 0.0775. The van der Waals surface area contributed by atoms with E-state index >= 15 is 0 Å². The number of hydrogen-bond acceptors (Lipinski definition) is 9. The molecule has 0 fully saturated rings. The molecule has 302 valence electrons. The molecule has 55 heavy (non-hydrogen) atoms. The Bertz CT molecular complexity index is 1600. The van der Waals surface area contributed by atoms with E-state index in [4.69, 9.17) is 4.74 Å². The summed E-state index contributed by atoms with van der Waals surface area (Å²) in [4.78, 5) is 60.5. The standard InChI is InChI=1S/C41H61N7O7/c1-27(2)18-33(36(49)22-37(50)46-34(19-28(3)4)38(51)43-23-30-16-12-9-13-17-30)47-39(52)35(21-31-24-42-26-44-31)48(54)25-32(20-29-14-10-8-11-15-29)45-40(53)55-41(5,6)7/h8-17,24,26-28,32-36,49,54H,18-23,25H2,1-7H3,(H,42,44)(H,43,51)(H,45,53)(H,46,50)(H,47,52)/t32-,33-,34-,35-,36?/m0/s1. The zero-order valence-corrected chi connectivity index (χ0v) is 33.2. The fourth-order valence-electron chi connectivity index (χ4n) is 6.12. The summed E-state index contributed by atoms with van der Waals surface area (Å²) < 4.78 is 5.49. The number of ether oxygens (including phenoxy) is 1. The molecule has 14 heteroatoms. The molecule has 0 bridgehead atoms. The monoisotopic (exact) mass is 763 g/mol. The maximum Gasteiger partial charge on any atom is 0.407 e. The highest BCUT2D eigenvalue weighted by molar-refractivity contribution is 5.88. The third kappa shape index (κ3) is 17.0. The number of amides is 4. The lowest BCUT2D eigenvalue weighted by atomic mass is 9.96. The van der Waals surface area contributed by atoms with Crippen LogP contribution in [0.3, 0.4) is 0 Å². The number of carbonyl (C=O) groups excluding carboxylic acids is 4. The first kappa shape index (κ1) is 44.6. The first-order valence-corrected chi connectivity index (χ1v) is 19.0. The van der Waals surface area contributed by atoms with Crippen LogP contribution in [-0.2, 0) is 38.5 Å². The van der Waals surface area contributed by atoms with Crippen molar-refractivity contribution < 1.29 is 34.2 Å². The summed E-state index contributed by atoms with van der Waals surface area (Å²) in [6.45, 7) is 13.2. The number of hydrogen-bond donors (Lipinski definition) is 7. The minimum absolute atomic E-state index is 0.0185. The van der Waals surface area contributed by atoms with Gasteiger partial charge in [0, 0.05) is 31.4 Å². The van der Waals surface area contributed by atoms with Gasteiger partial charge in [-0.1, -0.05) is 88.4 Å². The van der Waals surface area contributed by atoms with Crippen LogP contribution in [0.2, 0.25) is 0 Å². The summed E-state index contributed by atoms with van der Waals surface area (Å²) in [5.74, 6) is -1.35. The number of rotatable bonds is 21. The highest BCUT2D eigenvalue weighted by atomic mass is 16.6. The molecule has 0 saturated heterocycles. The molecule has 0 spiro atoms. The molecular formula is C41H61N7O7. The second-order valence-corrected chi connectivity index (χ2v) is 15.9. The number of nitrogens with zero attached hydrogens (tertiary/aromatic N) is 2. The lowest BCUT2D eigenvalue weighted by Crippen LogP contribution is -2.56. The number of aliphatic hydroxyl groups excluding tert-OH is 1. The van der Waals surface area contributed by atoms with Crippen molar-refractivity contribution in [2.45, 2.75) is 123 Å². The van der Waals surface area contributed by atoms with Crippen molar-refractivity contribution in [1.29, 1.82) is 0 Å². The number of imidazole rings is 1. The predicted octanol–water partition coefficient (Wildman–Crippen LogP) is 4.28. The van der Waals surface area contributed by atoms with Gasteiger partial charge in [-0.15, -0.1) is 0 Å². The Morgan fingerprint density at radius 3 is 2.02 bits per heavy atom. The smallest absolute Gasteiger partial charge is 0.407 e. The normalized spacial score (nSPS) is 14.5. The van der Waals surface area contributed by atoms with E-state index in [1.54, 1.807) is 27.0 Å². The second-order valence-electron chi connectivity index (χ2n) is 15.9. The molecule has 3 aromatic rings. The number of alkyl carbamates (subject to hydrolysis) is 1. The number of benzene rings is 2. The Hall–Kier alpha value is -4.79.